The van der Waals surface area contributed by atoms with E-state index < -0.39 is 0 Å². The Labute approximate surface area is 154 Å². The number of thioether (sulfide) groups is 1. The summed E-state index contributed by atoms with van der Waals surface area (Å²) in [7, 11) is 0. The third-order valence-electron chi connectivity index (χ3n) is 4.42. The Balaban J connectivity index is 1.67. The molecule has 1 N–H and O–H groups in total. The summed E-state index contributed by atoms with van der Waals surface area (Å²) in [6.07, 6.45) is 5.03. The van der Waals surface area contributed by atoms with Gasteiger partial charge >= 0.3 is 0 Å². The first-order valence-electron chi connectivity index (χ1n) is 9.09. The monoisotopic (exact) mass is 359 g/mol. The SMILES string of the molecule is CCNC(=NCCc1cn2cccc(C)c2n1)N1CCSC(C)(C)C1. The second-order valence-corrected chi connectivity index (χ2v) is 8.97. The van der Waals surface area contributed by atoms with E-state index in [1.165, 1.54) is 5.56 Å². The smallest absolute Gasteiger partial charge is 0.193 e. The molecule has 0 radical (unpaired) electrons. The molecule has 1 aliphatic heterocycles. The normalized spacial score (nSPS) is 17.9. The largest absolute Gasteiger partial charge is 0.357 e. The van der Waals surface area contributed by atoms with Crippen molar-refractivity contribution in [1.29, 1.82) is 0 Å². The molecule has 0 amide bonds. The molecule has 3 rings (SSSR count). The lowest BCUT2D eigenvalue weighted by Crippen LogP contribution is -2.51. The molecular weight excluding hydrogens is 330 g/mol. The molecule has 0 aliphatic carbocycles. The van der Waals surface area contributed by atoms with Crippen LogP contribution < -0.4 is 5.32 Å². The van der Waals surface area contributed by atoms with E-state index in [4.69, 9.17) is 9.98 Å². The van der Waals surface area contributed by atoms with E-state index in [1.54, 1.807) is 0 Å². The summed E-state index contributed by atoms with van der Waals surface area (Å²) < 4.78 is 2.39. The van der Waals surface area contributed by atoms with Crippen LogP contribution in [0.3, 0.4) is 0 Å². The van der Waals surface area contributed by atoms with Crippen molar-refractivity contribution in [3.8, 4) is 0 Å². The summed E-state index contributed by atoms with van der Waals surface area (Å²) >= 11 is 2.05. The molecule has 136 valence electrons. The molecular formula is C19H29N5S. The third-order valence-corrected chi connectivity index (χ3v) is 5.71. The zero-order valence-corrected chi connectivity index (χ0v) is 16.6. The molecule has 1 aliphatic rings. The lowest BCUT2D eigenvalue weighted by molar-refractivity contribution is 0.376. The van der Waals surface area contributed by atoms with Crippen LogP contribution in [0.1, 0.15) is 32.0 Å². The molecule has 0 spiro atoms. The number of rotatable bonds is 4. The molecule has 0 unspecified atom stereocenters. The van der Waals surface area contributed by atoms with Crippen molar-refractivity contribution in [2.45, 2.75) is 38.9 Å². The van der Waals surface area contributed by atoms with Gasteiger partial charge in [0.05, 0.1) is 5.69 Å². The first-order chi connectivity index (χ1) is 12.0. The maximum absolute atomic E-state index is 4.86. The minimum Gasteiger partial charge on any atom is -0.357 e. The number of guanidine groups is 1. The summed E-state index contributed by atoms with van der Waals surface area (Å²) in [5.74, 6) is 2.19. The highest BCUT2D eigenvalue weighted by atomic mass is 32.2. The van der Waals surface area contributed by atoms with E-state index in [0.29, 0.717) is 0 Å². The van der Waals surface area contributed by atoms with Crippen LogP contribution in [0.15, 0.2) is 29.5 Å². The number of pyridine rings is 1. The number of fused-ring (bicyclic) bond motifs is 1. The van der Waals surface area contributed by atoms with Gasteiger partial charge < -0.3 is 14.6 Å². The highest BCUT2D eigenvalue weighted by Crippen LogP contribution is 2.29. The van der Waals surface area contributed by atoms with Gasteiger partial charge in [-0.2, -0.15) is 11.8 Å². The zero-order chi connectivity index (χ0) is 17.9. The molecule has 2 aromatic rings. The van der Waals surface area contributed by atoms with Gasteiger partial charge in [-0.3, -0.25) is 4.99 Å². The Morgan fingerprint density at radius 3 is 3.00 bits per heavy atom. The Kier molecular flexibility index (Phi) is 5.57. The maximum Gasteiger partial charge on any atom is 0.193 e. The van der Waals surface area contributed by atoms with Gasteiger partial charge in [0.1, 0.15) is 5.65 Å². The molecule has 0 aromatic carbocycles. The Morgan fingerprint density at radius 1 is 1.44 bits per heavy atom. The molecule has 0 atom stereocenters. The molecule has 2 aromatic heterocycles. The fraction of sp³-hybridized carbons (Fsp3) is 0.579. The van der Waals surface area contributed by atoms with Crippen molar-refractivity contribution >= 4 is 23.4 Å². The van der Waals surface area contributed by atoms with Gasteiger partial charge in [-0.25, -0.2) is 4.98 Å². The van der Waals surface area contributed by atoms with E-state index in [1.807, 2.05) is 11.8 Å². The Hall–Kier alpha value is -1.69. The summed E-state index contributed by atoms with van der Waals surface area (Å²) in [5, 5.41) is 3.45. The van der Waals surface area contributed by atoms with Crippen LogP contribution in [0, 0.1) is 6.92 Å². The van der Waals surface area contributed by atoms with E-state index in [9.17, 15) is 0 Å². The van der Waals surface area contributed by atoms with Crippen LogP contribution in [-0.2, 0) is 6.42 Å². The minimum atomic E-state index is 0.285. The molecule has 0 bridgehead atoms. The van der Waals surface area contributed by atoms with E-state index in [0.717, 1.165) is 55.7 Å². The Morgan fingerprint density at radius 2 is 2.28 bits per heavy atom. The molecule has 25 heavy (non-hydrogen) atoms. The van der Waals surface area contributed by atoms with Crippen LogP contribution >= 0.6 is 11.8 Å². The predicted octanol–water partition coefficient (Wildman–Crippen LogP) is 2.98. The number of imidazole rings is 1. The lowest BCUT2D eigenvalue weighted by Gasteiger charge is -2.39. The molecule has 3 heterocycles. The Bertz CT molecular complexity index is 749. The number of hydrogen-bond donors (Lipinski definition) is 1. The average Bonchev–Trinajstić information content (AvgIpc) is 2.97. The van der Waals surface area contributed by atoms with Crippen molar-refractivity contribution in [3.63, 3.8) is 0 Å². The highest BCUT2D eigenvalue weighted by Gasteiger charge is 2.28. The van der Waals surface area contributed by atoms with Crippen molar-refractivity contribution < 1.29 is 0 Å². The number of hydrogen-bond acceptors (Lipinski definition) is 3. The minimum absolute atomic E-state index is 0.285. The van der Waals surface area contributed by atoms with Gasteiger partial charge in [0, 0.05) is 55.5 Å². The van der Waals surface area contributed by atoms with Gasteiger partial charge in [-0.1, -0.05) is 6.07 Å². The molecule has 1 fully saturated rings. The summed E-state index contributed by atoms with van der Waals surface area (Å²) in [5.41, 5.74) is 3.35. The van der Waals surface area contributed by atoms with Crippen LogP contribution in [-0.4, -0.2) is 56.9 Å². The van der Waals surface area contributed by atoms with E-state index in [-0.39, 0.29) is 4.75 Å². The van der Waals surface area contributed by atoms with E-state index >= 15 is 0 Å². The second kappa shape index (κ2) is 7.68. The van der Waals surface area contributed by atoms with Crippen LogP contribution in [0.5, 0.6) is 0 Å². The molecule has 6 heteroatoms. The number of nitrogens with one attached hydrogen (secondary N) is 1. The zero-order valence-electron chi connectivity index (χ0n) is 15.7. The van der Waals surface area contributed by atoms with Gasteiger partial charge in [-0.15, -0.1) is 0 Å². The van der Waals surface area contributed by atoms with Crippen LogP contribution in [0.25, 0.3) is 5.65 Å². The lowest BCUT2D eigenvalue weighted by atomic mass is 10.2. The predicted molar refractivity (Wildman–Crippen MR) is 108 cm³/mol. The number of aliphatic imine (C=N–C) groups is 1. The second-order valence-electron chi connectivity index (χ2n) is 7.17. The van der Waals surface area contributed by atoms with Crippen molar-refractivity contribution in [3.05, 3.63) is 35.8 Å². The molecule has 0 saturated carbocycles. The first-order valence-corrected chi connectivity index (χ1v) is 10.1. The van der Waals surface area contributed by atoms with Crippen LogP contribution in [0.2, 0.25) is 0 Å². The van der Waals surface area contributed by atoms with Gasteiger partial charge in [0.25, 0.3) is 0 Å². The van der Waals surface area contributed by atoms with Crippen molar-refractivity contribution in [2.75, 3.05) is 31.9 Å². The average molecular weight is 360 g/mol. The fourth-order valence-electron chi connectivity index (χ4n) is 3.22. The standard InChI is InChI=1S/C19H29N5S/c1-5-20-18(24-11-12-25-19(3,4)14-24)21-9-8-16-13-23-10-6-7-15(2)17(23)22-16/h6-7,10,13H,5,8-9,11-12,14H2,1-4H3,(H,20,21). The summed E-state index contributed by atoms with van der Waals surface area (Å²) in [6, 6.07) is 4.16. The summed E-state index contributed by atoms with van der Waals surface area (Å²) in [6.45, 7) is 12.6. The van der Waals surface area contributed by atoms with Gasteiger partial charge in [0.15, 0.2) is 5.96 Å². The molecule has 5 nitrogen and oxygen atoms in total. The summed E-state index contributed by atoms with van der Waals surface area (Å²) in [4.78, 5) is 12.0. The first kappa shape index (κ1) is 18.1. The van der Waals surface area contributed by atoms with E-state index in [2.05, 4.69) is 66.8 Å². The number of aromatic nitrogens is 2. The maximum atomic E-state index is 4.86. The topological polar surface area (TPSA) is 44.9 Å². The number of nitrogens with zero attached hydrogens (tertiary/aromatic N) is 4. The van der Waals surface area contributed by atoms with Crippen molar-refractivity contribution in [2.24, 2.45) is 4.99 Å². The quantitative estimate of drug-likeness (QED) is 0.673. The fourth-order valence-corrected chi connectivity index (χ4v) is 4.34. The third kappa shape index (κ3) is 4.48. The highest BCUT2D eigenvalue weighted by molar-refractivity contribution is 8.00. The van der Waals surface area contributed by atoms with Crippen molar-refractivity contribution in [1.82, 2.24) is 19.6 Å². The molecule has 1 saturated heterocycles. The van der Waals surface area contributed by atoms with Gasteiger partial charge in [0.2, 0.25) is 0 Å². The number of aryl methyl sites for hydroxylation is 1. The van der Waals surface area contributed by atoms with Gasteiger partial charge in [-0.05, 0) is 39.3 Å². The van der Waals surface area contributed by atoms with Crippen LogP contribution in [0.4, 0.5) is 0 Å².